The maximum atomic E-state index is 10.5. The quantitative estimate of drug-likeness (QED) is 0.443. The lowest BCUT2D eigenvalue weighted by Gasteiger charge is -2.25. The molecule has 27 heavy (non-hydrogen) atoms. The fourth-order valence-corrected chi connectivity index (χ4v) is 3.26. The van der Waals surface area contributed by atoms with Crippen LogP contribution in [0.4, 0.5) is 0 Å². The summed E-state index contributed by atoms with van der Waals surface area (Å²) in [6, 6.07) is 13.5. The monoisotopic (exact) mass is 368 g/mol. The molecule has 0 heterocycles. The zero-order valence-corrected chi connectivity index (χ0v) is 14.6. The lowest BCUT2D eigenvalue weighted by molar-refractivity contribution is 0.279. The lowest BCUT2D eigenvalue weighted by atomic mass is 9.81. The molecule has 0 radical (unpaired) electrons. The van der Waals surface area contributed by atoms with Gasteiger partial charge in [0.05, 0.1) is 13.7 Å². The van der Waals surface area contributed by atoms with Gasteiger partial charge in [0.25, 0.3) is 0 Å². The number of methoxy groups -OCH3 is 1. The molecule has 140 valence electrons. The van der Waals surface area contributed by atoms with Crippen molar-refractivity contribution in [3.8, 4) is 28.7 Å². The predicted octanol–water partition coefficient (Wildman–Crippen LogP) is 3.19. The van der Waals surface area contributed by atoms with Gasteiger partial charge in [-0.05, 0) is 23.8 Å². The van der Waals surface area contributed by atoms with Crippen LogP contribution in [-0.4, -0.2) is 32.6 Å². The first-order chi connectivity index (χ1) is 13.0. The van der Waals surface area contributed by atoms with Crippen LogP contribution in [0.1, 0.15) is 28.2 Å². The molecule has 0 spiro atoms. The molecule has 0 saturated carbocycles. The molecule has 6 heteroatoms. The molecular formula is C21H20O6. The second-order valence-electron chi connectivity index (χ2n) is 6.11. The third kappa shape index (κ3) is 3.47. The van der Waals surface area contributed by atoms with Gasteiger partial charge in [-0.15, -0.1) is 0 Å². The van der Waals surface area contributed by atoms with Crippen LogP contribution in [0.2, 0.25) is 0 Å². The smallest absolute Gasteiger partial charge is 0.123 e. The molecule has 0 aromatic heterocycles. The predicted molar refractivity (Wildman–Crippen MR) is 99.4 cm³/mol. The zero-order valence-electron chi connectivity index (χ0n) is 14.6. The van der Waals surface area contributed by atoms with Gasteiger partial charge < -0.3 is 30.3 Å². The van der Waals surface area contributed by atoms with Crippen molar-refractivity contribution in [1.82, 2.24) is 0 Å². The van der Waals surface area contributed by atoms with E-state index in [4.69, 9.17) is 4.74 Å². The highest BCUT2D eigenvalue weighted by Crippen LogP contribution is 2.46. The molecule has 0 aliphatic heterocycles. The van der Waals surface area contributed by atoms with E-state index in [1.165, 1.54) is 43.5 Å². The minimum absolute atomic E-state index is 0.104. The SMILES string of the molecule is COc1cccc(CO)c1C(c1ccc(O)cc1O)c1ccc(O)cc1O. The van der Waals surface area contributed by atoms with E-state index in [0.29, 0.717) is 28.0 Å². The highest BCUT2D eigenvalue weighted by molar-refractivity contribution is 5.59. The molecule has 0 bridgehead atoms. The summed E-state index contributed by atoms with van der Waals surface area (Å²) in [5.74, 6) is -0.819. The van der Waals surface area contributed by atoms with Crippen LogP contribution >= 0.6 is 0 Å². The number of hydrogen-bond acceptors (Lipinski definition) is 6. The van der Waals surface area contributed by atoms with Gasteiger partial charge in [0.2, 0.25) is 0 Å². The van der Waals surface area contributed by atoms with Crippen LogP contribution in [0, 0.1) is 0 Å². The van der Waals surface area contributed by atoms with Gasteiger partial charge in [-0.3, -0.25) is 0 Å². The Morgan fingerprint density at radius 3 is 1.81 bits per heavy atom. The Morgan fingerprint density at radius 1 is 0.815 bits per heavy atom. The molecule has 0 fully saturated rings. The van der Waals surface area contributed by atoms with E-state index in [1.807, 2.05) is 0 Å². The van der Waals surface area contributed by atoms with Crippen molar-refractivity contribution in [1.29, 1.82) is 0 Å². The van der Waals surface area contributed by atoms with Crippen molar-refractivity contribution in [2.24, 2.45) is 0 Å². The van der Waals surface area contributed by atoms with E-state index in [9.17, 15) is 25.5 Å². The summed E-state index contributed by atoms with van der Waals surface area (Å²) in [5, 5.41) is 50.1. The van der Waals surface area contributed by atoms with Gasteiger partial charge in [-0.2, -0.15) is 0 Å². The van der Waals surface area contributed by atoms with Crippen LogP contribution in [0.25, 0.3) is 0 Å². The van der Waals surface area contributed by atoms with Crippen molar-refractivity contribution in [2.75, 3.05) is 7.11 Å². The van der Waals surface area contributed by atoms with Crippen molar-refractivity contribution in [3.05, 3.63) is 76.9 Å². The fraction of sp³-hybridized carbons (Fsp3) is 0.143. The first kappa shape index (κ1) is 18.4. The molecule has 0 unspecified atom stereocenters. The molecule has 0 aliphatic rings. The van der Waals surface area contributed by atoms with E-state index in [0.717, 1.165) is 0 Å². The zero-order chi connectivity index (χ0) is 19.6. The topological polar surface area (TPSA) is 110 Å². The summed E-state index contributed by atoms with van der Waals surface area (Å²) >= 11 is 0. The molecule has 6 nitrogen and oxygen atoms in total. The minimum Gasteiger partial charge on any atom is -0.508 e. The van der Waals surface area contributed by atoms with Crippen molar-refractivity contribution < 1.29 is 30.3 Å². The van der Waals surface area contributed by atoms with Crippen LogP contribution in [0.5, 0.6) is 28.7 Å². The number of phenolic OH excluding ortho intramolecular Hbond substituents is 4. The maximum Gasteiger partial charge on any atom is 0.123 e. The Bertz CT molecular complexity index is 893. The third-order valence-electron chi connectivity index (χ3n) is 4.49. The molecule has 0 atom stereocenters. The summed E-state index contributed by atoms with van der Waals surface area (Å²) in [7, 11) is 1.49. The number of hydrogen-bond donors (Lipinski definition) is 5. The summed E-state index contributed by atoms with van der Waals surface area (Å²) in [6.07, 6.45) is 0. The number of aromatic hydroxyl groups is 4. The second kappa shape index (κ2) is 7.47. The molecule has 3 rings (SSSR count). The third-order valence-corrected chi connectivity index (χ3v) is 4.49. The number of rotatable bonds is 5. The Hall–Kier alpha value is -3.38. The van der Waals surface area contributed by atoms with Gasteiger partial charge in [0.1, 0.15) is 28.7 Å². The Morgan fingerprint density at radius 2 is 1.37 bits per heavy atom. The van der Waals surface area contributed by atoms with Gasteiger partial charge in [-0.1, -0.05) is 24.3 Å². The van der Waals surface area contributed by atoms with E-state index >= 15 is 0 Å². The lowest BCUT2D eigenvalue weighted by Crippen LogP contribution is -2.09. The minimum atomic E-state index is -0.718. The van der Waals surface area contributed by atoms with E-state index in [2.05, 4.69) is 0 Å². The van der Waals surface area contributed by atoms with E-state index in [-0.39, 0.29) is 29.6 Å². The van der Waals surface area contributed by atoms with Gasteiger partial charge in [-0.25, -0.2) is 0 Å². The van der Waals surface area contributed by atoms with Crippen LogP contribution in [0.3, 0.4) is 0 Å². The number of phenols is 4. The number of benzene rings is 3. The Labute approximate surface area is 156 Å². The van der Waals surface area contributed by atoms with Gasteiger partial charge >= 0.3 is 0 Å². The largest absolute Gasteiger partial charge is 0.508 e. The van der Waals surface area contributed by atoms with Crippen LogP contribution in [0.15, 0.2) is 54.6 Å². The molecule has 3 aromatic rings. The summed E-state index contributed by atoms with van der Waals surface area (Å²) in [5.41, 5.74) is 1.91. The maximum absolute atomic E-state index is 10.5. The summed E-state index contributed by atoms with van der Waals surface area (Å²) in [6.45, 7) is -0.277. The molecule has 0 aliphatic carbocycles. The molecule has 0 amide bonds. The molecular weight excluding hydrogens is 348 g/mol. The van der Waals surface area contributed by atoms with Crippen LogP contribution in [-0.2, 0) is 6.61 Å². The number of ether oxygens (including phenoxy) is 1. The average molecular weight is 368 g/mol. The molecule has 5 N–H and O–H groups in total. The Balaban J connectivity index is 2.35. The fourth-order valence-electron chi connectivity index (χ4n) is 3.26. The van der Waals surface area contributed by atoms with Crippen molar-refractivity contribution in [3.63, 3.8) is 0 Å². The van der Waals surface area contributed by atoms with Gasteiger partial charge in [0.15, 0.2) is 0 Å². The molecule has 0 saturated heterocycles. The van der Waals surface area contributed by atoms with E-state index in [1.54, 1.807) is 18.2 Å². The standard InChI is InChI=1S/C21H20O6/c1-27-19-4-2-3-12(11-22)20(19)21(15-7-5-13(23)9-17(15)25)16-8-6-14(24)10-18(16)26/h2-10,21-26H,11H2,1H3. The molecule has 3 aromatic carbocycles. The van der Waals surface area contributed by atoms with Crippen molar-refractivity contribution in [2.45, 2.75) is 12.5 Å². The van der Waals surface area contributed by atoms with Crippen LogP contribution < -0.4 is 4.74 Å². The van der Waals surface area contributed by atoms with Gasteiger partial charge in [0, 0.05) is 34.7 Å². The number of aliphatic hydroxyl groups excluding tert-OH is 1. The Kier molecular flexibility index (Phi) is 5.09. The van der Waals surface area contributed by atoms with E-state index < -0.39 is 5.92 Å². The highest BCUT2D eigenvalue weighted by Gasteiger charge is 2.28. The number of aliphatic hydroxyl groups is 1. The first-order valence-electron chi connectivity index (χ1n) is 8.26. The second-order valence-corrected chi connectivity index (χ2v) is 6.11. The van der Waals surface area contributed by atoms with Crippen molar-refractivity contribution >= 4 is 0 Å². The highest BCUT2D eigenvalue weighted by atomic mass is 16.5. The first-order valence-corrected chi connectivity index (χ1v) is 8.26. The normalized spacial score (nSPS) is 10.9. The summed E-state index contributed by atoms with van der Waals surface area (Å²) in [4.78, 5) is 0. The summed E-state index contributed by atoms with van der Waals surface area (Å²) < 4.78 is 5.47. The average Bonchev–Trinajstić information content (AvgIpc) is 2.64.